The van der Waals surface area contributed by atoms with Crippen molar-refractivity contribution in [3.8, 4) is 0 Å². The number of nitrogens with zero attached hydrogens (tertiary/aromatic N) is 4. The van der Waals surface area contributed by atoms with E-state index in [4.69, 9.17) is 0 Å². The normalized spacial score (nSPS) is 24.2. The minimum atomic E-state index is -0.0469. The second-order valence-corrected chi connectivity index (χ2v) is 6.59. The number of carbonyl (C=O) groups is 1. The highest BCUT2D eigenvalue weighted by molar-refractivity contribution is 5.82. The molecule has 1 aromatic heterocycles. The van der Waals surface area contributed by atoms with Crippen molar-refractivity contribution in [3.05, 3.63) is 28.2 Å². The van der Waals surface area contributed by atoms with Gasteiger partial charge in [-0.2, -0.15) is 5.10 Å². The van der Waals surface area contributed by atoms with Gasteiger partial charge in [0.15, 0.2) is 0 Å². The van der Waals surface area contributed by atoms with Crippen molar-refractivity contribution in [1.82, 2.24) is 19.6 Å². The summed E-state index contributed by atoms with van der Waals surface area (Å²) in [6, 6.07) is 3.35. The standard InChI is InChI=1S/C16H24N4O2/c1-12-6-7-15(21)20(17-12)11-13-9-19(10-13)14-5-3-4-8-18(2)16(14)22/h6-7,13-14H,3-5,8-11H2,1-2H3. The molecule has 2 aliphatic rings. The molecule has 2 aliphatic heterocycles. The fourth-order valence-corrected chi connectivity index (χ4v) is 3.42. The number of likely N-dealkylation sites (tertiary alicyclic amines) is 2. The molecule has 1 atom stereocenters. The Bertz CT molecular complexity index is 606. The molecule has 0 N–H and O–H groups in total. The average molecular weight is 304 g/mol. The molecule has 22 heavy (non-hydrogen) atoms. The van der Waals surface area contributed by atoms with Gasteiger partial charge in [0.25, 0.3) is 5.56 Å². The van der Waals surface area contributed by atoms with Crippen LogP contribution in [0.15, 0.2) is 16.9 Å². The van der Waals surface area contributed by atoms with Gasteiger partial charge < -0.3 is 4.90 Å². The lowest BCUT2D eigenvalue weighted by molar-refractivity contribution is -0.138. The van der Waals surface area contributed by atoms with E-state index in [0.717, 1.165) is 44.6 Å². The number of rotatable bonds is 3. The molecule has 6 heteroatoms. The predicted octanol–water partition coefficient (Wildman–Crippen LogP) is 0.494. The Labute approximate surface area is 130 Å². The summed E-state index contributed by atoms with van der Waals surface area (Å²) in [5.41, 5.74) is 0.811. The third kappa shape index (κ3) is 3.06. The molecule has 1 unspecified atom stereocenters. The summed E-state index contributed by atoms with van der Waals surface area (Å²) >= 11 is 0. The Morgan fingerprint density at radius 1 is 1.23 bits per heavy atom. The van der Waals surface area contributed by atoms with Gasteiger partial charge >= 0.3 is 0 Å². The molecule has 6 nitrogen and oxygen atoms in total. The maximum absolute atomic E-state index is 12.4. The molecule has 0 spiro atoms. The first-order chi connectivity index (χ1) is 10.5. The van der Waals surface area contributed by atoms with Gasteiger partial charge in [-0.1, -0.05) is 0 Å². The number of aromatic nitrogens is 2. The van der Waals surface area contributed by atoms with E-state index in [0.29, 0.717) is 12.5 Å². The van der Waals surface area contributed by atoms with E-state index in [1.165, 1.54) is 0 Å². The van der Waals surface area contributed by atoms with Crippen LogP contribution in [0.1, 0.15) is 25.0 Å². The van der Waals surface area contributed by atoms with Crippen molar-refractivity contribution in [2.24, 2.45) is 5.92 Å². The Hall–Kier alpha value is -1.69. The molecular weight excluding hydrogens is 280 g/mol. The van der Waals surface area contributed by atoms with Crippen molar-refractivity contribution in [1.29, 1.82) is 0 Å². The van der Waals surface area contributed by atoms with E-state index in [1.54, 1.807) is 16.8 Å². The van der Waals surface area contributed by atoms with E-state index >= 15 is 0 Å². The molecule has 3 heterocycles. The van der Waals surface area contributed by atoms with E-state index in [1.807, 2.05) is 18.9 Å². The predicted molar refractivity (Wildman–Crippen MR) is 83.6 cm³/mol. The van der Waals surface area contributed by atoms with Crippen LogP contribution in [0.4, 0.5) is 0 Å². The number of amides is 1. The Kier molecular flexibility index (Phi) is 4.29. The summed E-state index contributed by atoms with van der Waals surface area (Å²) in [4.78, 5) is 28.3. The zero-order valence-electron chi connectivity index (χ0n) is 13.4. The quantitative estimate of drug-likeness (QED) is 0.816. The highest BCUT2D eigenvalue weighted by Crippen LogP contribution is 2.25. The molecule has 3 rings (SSSR count). The molecule has 0 aromatic carbocycles. The lowest BCUT2D eigenvalue weighted by Crippen LogP contribution is -2.58. The van der Waals surface area contributed by atoms with Gasteiger partial charge in [-0.15, -0.1) is 0 Å². The van der Waals surface area contributed by atoms with Crippen molar-refractivity contribution >= 4 is 5.91 Å². The van der Waals surface area contributed by atoms with E-state index in [-0.39, 0.29) is 17.5 Å². The van der Waals surface area contributed by atoms with Crippen LogP contribution in [0.3, 0.4) is 0 Å². The Morgan fingerprint density at radius 3 is 2.77 bits per heavy atom. The van der Waals surface area contributed by atoms with Gasteiger partial charge in [-0.05, 0) is 32.3 Å². The number of hydrogen-bond acceptors (Lipinski definition) is 4. The van der Waals surface area contributed by atoms with Crippen LogP contribution in [-0.2, 0) is 11.3 Å². The molecule has 2 fully saturated rings. The van der Waals surface area contributed by atoms with Gasteiger partial charge in [0.1, 0.15) is 0 Å². The molecule has 1 amide bonds. The monoisotopic (exact) mass is 304 g/mol. The van der Waals surface area contributed by atoms with Gasteiger partial charge in [-0.25, -0.2) is 4.68 Å². The molecular formula is C16H24N4O2. The maximum atomic E-state index is 12.4. The van der Waals surface area contributed by atoms with Crippen LogP contribution in [-0.4, -0.2) is 58.2 Å². The summed E-state index contributed by atoms with van der Waals surface area (Å²) in [7, 11) is 1.90. The van der Waals surface area contributed by atoms with Crippen LogP contribution < -0.4 is 5.56 Å². The zero-order valence-corrected chi connectivity index (χ0v) is 13.4. The average Bonchev–Trinajstić information content (AvgIpc) is 2.61. The second-order valence-electron chi connectivity index (χ2n) is 6.59. The molecule has 0 aliphatic carbocycles. The summed E-state index contributed by atoms with van der Waals surface area (Å²) < 4.78 is 1.55. The van der Waals surface area contributed by atoms with E-state index in [9.17, 15) is 9.59 Å². The first-order valence-electron chi connectivity index (χ1n) is 8.08. The van der Waals surface area contributed by atoms with Crippen LogP contribution >= 0.6 is 0 Å². The summed E-state index contributed by atoms with van der Waals surface area (Å²) in [6.07, 6.45) is 3.16. The largest absolute Gasteiger partial charge is 0.344 e. The number of carbonyl (C=O) groups excluding carboxylic acids is 1. The zero-order chi connectivity index (χ0) is 15.7. The maximum Gasteiger partial charge on any atom is 0.266 e. The minimum absolute atomic E-state index is 0.0333. The molecule has 120 valence electrons. The van der Waals surface area contributed by atoms with Crippen LogP contribution in [0.2, 0.25) is 0 Å². The third-order valence-corrected chi connectivity index (χ3v) is 4.74. The first kappa shape index (κ1) is 15.2. The number of hydrogen-bond donors (Lipinski definition) is 0. The number of likely N-dealkylation sites (N-methyl/N-ethyl adjacent to an activating group) is 1. The van der Waals surface area contributed by atoms with Crippen molar-refractivity contribution in [3.63, 3.8) is 0 Å². The summed E-state index contributed by atoms with van der Waals surface area (Å²) in [5.74, 6) is 0.662. The van der Waals surface area contributed by atoms with Crippen molar-refractivity contribution in [2.75, 3.05) is 26.7 Å². The molecule has 0 saturated carbocycles. The summed E-state index contributed by atoms with van der Waals surface area (Å²) in [6.45, 7) is 5.17. The van der Waals surface area contributed by atoms with Crippen LogP contribution in [0, 0.1) is 12.8 Å². The van der Waals surface area contributed by atoms with E-state index in [2.05, 4.69) is 10.00 Å². The molecule has 1 aromatic rings. The lowest BCUT2D eigenvalue weighted by Gasteiger charge is -2.44. The Morgan fingerprint density at radius 2 is 2.00 bits per heavy atom. The number of aryl methyl sites for hydroxylation is 1. The highest BCUT2D eigenvalue weighted by Gasteiger charge is 2.38. The second kappa shape index (κ2) is 6.20. The molecule has 0 bridgehead atoms. The van der Waals surface area contributed by atoms with Crippen LogP contribution in [0.5, 0.6) is 0 Å². The smallest absolute Gasteiger partial charge is 0.266 e. The lowest BCUT2D eigenvalue weighted by atomic mass is 9.95. The Balaban J connectivity index is 1.58. The molecule has 0 radical (unpaired) electrons. The fourth-order valence-electron chi connectivity index (χ4n) is 3.42. The SMILES string of the molecule is Cc1ccc(=O)n(CC2CN(C3CCCCN(C)C3=O)C2)n1. The highest BCUT2D eigenvalue weighted by atomic mass is 16.2. The molecule has 2 saturated heterocycles. The van der Waals surface area contributed by atoms with Crippen molar-refractivity contribution in [2.45, 2.75) is 38.8 Å². The third-order valence-electron chi connectivity index (χ3n) is 4.74. The fraction of sp³-hybridized carbons (Fsp3) is 0.688. The van der Waals surface area contributed by atoms with Crippen LogP contribution in [0.25, 0.3) is 0 Å². The van der Waals surface area contributed by atoms with E-state index < -0.39 is 0 Å². The van der Waals surface area contributed by atoms with Gasteiger partial charge in [0.2, 0.25) is 5.91 Å². The van der Waals surface area contributed by atoms with Gasteiger partial charge in [0.05, 0.1) is 18.3 Å². The summed E-state index contributed by atoms with van der Waals surface area (Å²) in [5, 5.41) is 4.28. The topological polar surface area (TPSA) is 58.4 Å². The van der Waals surface area contributed by atoms with Gasteiger partial charge in [0, 0.05) is 38.7 Å². The van der Waals surface area contributed by atoms with Gasteiger partial charge in [-0.3, -0.25) is 14.5 Å². The minimum Gasteiger partial charge on any atom is -0.344 e. The van der Waals surface area contributed by atoms with Crippen molar-refractivity contribution < 1.29 is 4.79 Å². The first-order valence-corrected chi connectivity index (χ1v) is 8.08.